The normalized spacial score (nSPS) is 11.4. The van der Waals surface area contributed by atoms with Gasteiger partial charge in [-0.25, -0.2) is 4.98 Å². The molecule has 0 aliphatic rings. The first kappa shape index (κ1) is 10.5. The summed E-state index contributed by atoms with van der Waals surface area (Å²) in [7, 11) is 0. The predicted molar refractivity (Wildman–Crippen MR) is 43.8 cm³/mol. The fourth-order valence-corrected chi connectivity index (χ4v) is 1.01. The van der Waals surface area contributed by atoms with Crippen molar-refractivity contribution in [3.63, 3.8) is 0 Å². The topological polar surface area (TPSA) is 45.8 Å². The number of alkyl halides is 3. The van der Waals surface area contributed by atoms with E-state index in [-0.39, 0.29) is 6.42 Å². The van der Waals surface area contributed by atoms with Crippen LogP contribution in [0, 0.1) is 0 Å². The Morgan fingerprint density at radius 1 is 1.57 bits per heavy atom. The average Bonchev–Trinajstić information content (AvgIpc) is 2.07. The number of halogens is 3. The van der Waals surface area contributed by atoms with Crippen molar-refractivity contribution in [3.8, 4) is 0 Å². The van der Waals surface area contributed by atoms with Crippen molar-refractivity contribution in [1.82, 2.24) is 9.97 Å². The number of allylic oxidation sites excluding steroid dienone is 1. The molecule has 0 amide bonds. The van der Waals surface area contributed by atoms with E-state index in [2.05, 4.69) is 16.5 Å². The molecule has 0 aliphatic heterocycles. The van der Waals surface area contributed by atoms with E-state index >= 15 is 0 Å². The van der Waals surface area contributed by atoms with Gasteiger partial charge in [-0.3, -0.25) is 4.79 Å². The predicted octanol–water partition coefficient (Wildman–Crippen LogP) is 1.52. The van der Waals surface area contributed by atoms with Gasteiger partial charge >= 0.3 is 6.18 Å². The van der Waals surface area contributed by atoms with E-state index in [1.54, 1.807) is 0 Å². The summed E-state index contributed by atoms with van der Waals surface area (Å²) in [5, 5.41) is 0. The number of nitrogens with zero attached hydrogens (tertiary/aromatic N) is 1. The largest absolute Gasteiger partial charge is 0.433 e. The second kappa shape index (κ2) is 3.65. The summed E-state index contributed by atoms with van der Waals surface area (Å²) in [5.74, 6) is 0. The van der Waals surface area contributed by atoms with Crippen molar-refractivity contribution in [1.29, 1.82) is 0 Å². The minimum absolute atomic E-state index is 0.155. The van der Waals surface area contributed by atoms with Crippen LogP contribution in [0.1, 0.15) is 11.3 Å². The van der Waals surface area contributed by atoms with Gasteiger partial charge in [0.1, 0.15) is 0 Å². The molecule has 76 valence electrons. The number of aromatic nitrogens is 2. The fraction of sp³-hybridized carbons (Fsp3) is 0.250. The molecule has 1 heterocycles. The molecule has 1 N–H and O–H groups in total. The lowest BCUT2D eigenvalue weighted by Crippen LogP contribution is -2.22. The molecule has 0 spiro atoms. The zero-order valence-electron chi connectivity index (χ0n) is 7.06. The van der Waals surface area contributed by atoms with Crippen LogP contribution in [0.5, 0.6) is 0 Å². The zero-order chi connectivity index (χ0) is 10.8. The third-order valence-corrected chi connectivity index (χ3v) is 1.57. The summed E-state index contributed by atoms with van der Waals surface area (Å²) in [5.41, 5.74) is -2.34. The Morgan fingerprint density at radius 2 is 2.21 bits per heavy atom. The highest BCUT2D eigenvalue weighted by Gasteiger charge is 2.35. The third-order valence-electron chi connectivity index (χ3n) is 1.57. The van der Waals surface area contributed by atoms with Crippen LogP contribution in [-0.4, -0.2) is 9.97 Å². The van der Waals surface area contributed by atoms with Gasteiger partial charge in [-0.15, -0.1) is 6.58 Å². The summed E-state index contributed by atoms with van der Waals surface area (Å²) in [6, 6.07) is 0. The molecule has 3 nitrogen and oxygen atoms in total. The molecular weight excluding hydrogens is 197 g/mol. The van der Waals surface area contributed by atoms with Crippen LogP contribution in [0.3, 0.4) is 0 Å². The minimum Gasteiger partial charge on any atom is -0.313 e. The van der Waals surface area contributed by atoms with Crippen LogP contribution >= 0.6 is 0 Å². The van der Waals surface area contributed by atoms with Crippen molar-refractivity contribution >= 4 is 0 Å². The van der Waals surface area contributed by atoms with Crippen molar-refractivity contribution in [2.75, 3.05) is 0 Å². The molecule has 1 aromatic heterocycles. The van der Waals surface area contributed by atoms with E-state index < -0.39 is 23.0 Å². The number of H-pyrrole nitrogens is 1. The van der Waals surface area contributed by atoms with E-state index in [0.29, 0.717) is 0 Å². The Hall–Kier alpha value is -1.59. The molecule has 1 aromatic rings. The van der Waals surface area contributed by atoms with Gasteiger partial charge in [-0.1, -0.05) is 6.08 Å². The van der Waals surface area contributed by atoms with Gasteiger partial charge in [0, 0.05) is 0 Å². The molecule has 0 radical (unpaired) electrons. The van der Waals surface area contributed by atoms with Gasteiger partial charge in [0.05, 0.1) is 11.9 Å². The van der Waals surface area contributed by atoms with Gasteiger partial charge in [0.15, 0.2) is 5.69 Å². The molecular formula is C8H7F3N2O. The Bertz CT molecular complexity index is 394. The van der Waals surface area contributed by atoms with Crippen LogP contribution in [0.2, 0.25) is 0 Å². The van der Waals surface area contributed by atoms with Crippen LogP contribution in [0.15, 0.2) is 23.8 Å². The monoisotopic (exact) mass is 204 g/mol. The maximum Gasteiger partial charge on any atom is 0.433 e. The maximum atomic E-state index is 12.3. The molecule has 0 aromatic carbocycles. The van der Waals surface area contributed by atoms with Crippen molar-refractivity contribution in [2.24, 2.45) is 0 Å². The van der Waals surface area contributed by atoms with Gasteiger partial charge in [-0.05, 0) is 6.42 Å². The molecule has 0 saturated carbocycles. The van der Waals surface area contributed by atoms with Gasteiger partial charge in [-0.2, -0.15) is 13.2 Å². The lowest BCUT2D eigenvalue weighted by molar-refractivity contribution is -0.141. The lowest BCUT2D eigenvalue weighted by Gasteiger charge is -2.08. The van der Waals surface area contributed by atoms with E-state index in [1.807, 2.05) is 0 Å². The molecule has 0 bridgehead atoms. The van der Waals surface area contributed by atoms with Gasteiger partial charge < -0.3 is 4.98 Å². The van der Waals surface area contributed by atoms with Gasteiger partial charge in [0.25, 0.3) is 5.56 Å². The molecule has 0 unspecified atom stereocenters. The van der Waals surface area contributed by atoms with Gasteiger partial charge in [0.2, 0.25) is 0 Å². The first-order chi connectivity index (χ1) is 6.46. The van der Waals surface area contributed by atoms with E-state index in [1.165, 1.54) is 6.08 Å². The number of rotatable bonds is 2. The van der Waals surface area contributed by atoms with Crippen molar-refractivity contribution < 1.29 is 13.2 Å². The maximum absolute atomic E-state index is 12.3. The highest BCUT2D eigenvalue weighted by atomic mass is 19.4. The zero-order valence-corrected chi connectivity index (χ0v) is 7.06. The highest BCUT2D eigenvalue weighted by Crippen LogP contribution is 2.28. The summed E-state index contributed by atoms with van der Waals surface area (Å²) in [6.45, 7) is 3.27. The SMILES string of the molecule is C=CCc1c(C(F)(F)F)nc[nH]c1=O. The molecule has 1 rings (SSSR count). The molecule has 6 heteroatoms. The fourth-order valence-electron chi connectivity index (χ4n) is 1.01. The standard InChI is InChI=1S/C8H7F3N2O/c1-2-3-5-6(8(9,10)11)12-4-13-7(5)14/h2,4H,1,3H2,(H,12,13,14). The average molecular weight is 204 g/mol. The van der Waals surface area contributed by atoms with E-state index in [4.69, 9.17) is 0 Å². The lowest BCUT2D eigenvalue weighted by atomic mass is 10.1. The number of aromatic amines is 1. The summed E-state index contributed by atoms with van der Waals surface area (Å²) >= 11 is 0. The number of hydrogen-bond acceptors (Lipinski definition) is 2. The van der Waals surface area contributed by atoms with E-state index in [0.717, 1.165) is 6.33 Å². The highest BCUT2D eigenvalue weighted by molar-refractivity contribution is 5.21. The van der Waals surface area contributed by atoms with Crippen LogP contribution in [-0.2, 0) is 12.6 Å². The Balaban J connectivity index is 3.35. The smallest absolute Gasteiger partial charge is 0.313 e. The summed E-state index contributed by atoms with van der Waals surface area (Å²) in [6.07, 6.45) is -2.80. The second-order valence-corrected chi connectivity index (χ2v) is 2.55. The van der Waals surface area contributed by atoms with Crippen LogP contribution in [0.4, 0.5) is 13.2 Å². The molecule has 0 saturated heterocycles. The molecule has 0 atom stereocenters. The third kappa shape index (κ3) is 2.01. The van der Waals surface area contributed by atoms with Crippen LogP contribution < -0.4 is 5.56 Å². The van der Waals surface area contributed by atoms with Crippen molar-refractivity contribution in [2.45, 2.75) is 12.6 Å². The first-order valence-electron chi connectivity index (χ1n) is 3.71. The Labute approximate surface area is 77.3 Å². The molecule has 14 heavy (non-hydrogen) atoms. The second-order valence-electron chi connectivity index (χ2n) is 2.55. The first-order valence-corrected chi connectivity index (χ1v) is 3.71. The van der Waals surface area contributed by atoms with E-state index in [9.17, 15) is 18.0 Å². The Morgan fingerprint density at radius 3 is 2.71 bits per heavy atom. The number of nitrogens with one attached hydrogen (secondary N) is 1. The summed E-state index contributed by atoms with van der Waals surface area (Å²) < 4.78 is 36.9. The minimum atomic E-state index is -4.60. The quantitative estimate of drug-likeness (QED) is 0.742. The molecule has 0 aliphatic carbocycles. The van der Waals surface area contributed by atoms with Crippen molar-refractivity contribution in [3.05, 3.63) is 40.6 Å². The summed E-state index contributed by atoms with van der Waals surface area (Å²) in [4.78, 5) is 16.2. The van der Waals surface area contributed by atoms with Crippen LogP contribution in [0.25, 0.3) is 0 Å². The Kier molecular flexibility index (Phi) is 2.73. The molecule has 0 fully saturated rings. The number of hydrogen-bond donors (Lipinski definition) is 1.